The molecule has 0 aliphatic carbocycles. The van der Waals surface area contributed by atoms with Gasteiger partial charge in [0.05, 0.1) is 27.6 Å². The first-order chi connectivity index (χ1) is 14.9. The number of hydrogen-bond donors (Lipinski definition) is 0. The summed E-state index contributed by atoms with van der Waals surface area (Å²) in [5.41, 5.74) is 3.07. The number of nitrogens with zero attached hydrogens (tertiary/aromatic N) is 4. The van der Waals surface area contributed by atoms with Crippen LogP contribution in [0.1, 0.15) is 12.5 Å². The molecule has 2 heterocycles. The van der Waals surface area contributed by atoms with Crippen molar-refractivity contribution in [2.24, 2.45) is 0 Å². The number of anilines is 1. The second-order valence-electron chi connectivity index (χ2n) is 7.11. The molecule has 1 saturated heterocycles. The summed E-state index contributed by atoms with van der Waals surface area (Å²) in [5, 5.41) is 0. The zero-order valence-corrected chi connectivity index (χ0v) is 23.1. The quantitative estimate of drug-likeness (QED) is 0.236. The van der Waals surface area contributed by atoms with Crippen molar-refractivity contribution in [2.45, 2.75) is 13.5 Å². The van der Waals surface area contributed by atoms with Crippen LogP contribution in [0.3, 0.4) is 0 Å². The maximum Gasteiger partial charge on any atom is 0.409 e. The summed E-state index contributed by atoms with van der Waals surface area (Å²) in [6.07, 6.45) is -0.252. The lowest BCUT2D eigenvalue weighted by Gasteiger charge is -2.34. The molecule has 6 nitrogen and oxygen atoms in total. The highest BCUT2D eigenvalue weighted by Gasteiger charge is 2.28. The largest absolute Gasteiger partial charge is 0.450 e. The van der Waals surface area contributed by atoms with Gasteiger partial charge in [-0.1, -0.05) is 30.3 Å². The van der Waals surface area contributed by atoms with Gasteiger partial charge in [-0.15, -0.1) is 0 Å². The molecule has 0 radical (unpaired) electrons. The molecule has 3 aromatic rings. The zero-order valence-electron chi connectivity index (χ0n) is 16.7. The van der Waals surface area contributed by atoms with Crippen LogP contribution in [0.2, 0.25) is 0 Å². The van der Waals surface area contributed by atoms with Gasteiger partial charge in [0.25, 0.3) is 0 Å². The second-order valence-corrected chi connectivity index (χ2v) is 10.3. The van der Waals surface area contributed by atoms with Crippen LogP contribution in [0, 0.1) is 0 Å². The van der Waals surface area contributed by atoms with Crippen molar-refractivity contribution < 1.29 is 9.53 Å². The number of halogens is 4. The Labute approximate surface area is 214 Å². The number of ether oxygens (including phenoxy) is 1. The summed E-state index contributed by atoms with van der Waals surface area (Å²) in [7, 11) is 0. The normalized spacial score (nSPS) is 14.4. The molecular weight excluding hydrogens is 660 g/mol. The van der Waals surface area contributed by atoms with Crippen LogP contribution in [0.25, 0.3) is 11.0 Å². The Hall–Kier alpha value is -1.10. The molecular formula is C21H20Br4N4O2. The molecule has 0 atom stereocenters. The Morgan fingerprint density at radius 3 is 2.26 bits per heavy atom. The number of imidazole rings is 1. The van der Waals surface area contributed by atoms with Crippen LogP contribution < -0.4 is 4.90 Å². The molecule has 0 saturated carbocycles. The molecule has 10 heteroatoms. The highest BCUT2D eigenvalue weighted by molar-refractivity contribution is 9.15. The van der Waals surface area contributed by atoms with E-state index in [1.807, 2.05) is 25.1 Å². The summed E-state index contributed by atoms with van der Waals surface area (Å²) in [4.78, 5) is 21.1. The summed E-state index contributed by atoms with van der Waals surface area (Å²) in [5.74, 6) is 0.883. The molecule has 0 spiro atoms. The fraction of sp³-hybridized carbons (Fsp3) is 0.333. The maximum absolute atomic E-state index is 12.1. The van der Waals surface area contributed by atoms with Crippen molar-refractivity contribution in [1.29, 1.82) is 0 Å². The lowest BCUT2D eigenvalue weighted by atomic mass is 10.2. The predicted molar refractivity (Wildman–Crippen MR) is 137 cm³/mol. The van der Waals surface area contributed by atoms with Crippen molar-refractivity contribution in [1.82, 2.24) is 14.5 Å². The number of carbonyl (C=O) groups excluding carboxylic acids is 1. The standard InChI is InChI=1S/C21H20Br4N4O2/c1-2-31-21(30)28-10-8-27(9-11-28)20-26-18-16(24)14(22)15(23)17(25)19(18)29(20)12-13-6-4-3-5-7-13/h3-7H,2,8-12H2,1H3. The molecule has 1 aliphatic rings. The molecule has 31 heavy (non-hydrogen) atoms. The van der Waals surface area contributed by atoms with E-state index in [0.29, 0.717) is 39.3 Å². The van der Waals surface area contributed by atoms with E-state index in [1.165, 1.54) is 5.56 Å². The van der Waals surface area contributed by atoms with Crippen molar-refractivity contribution in [3.8, 4) is 0 Å². The Morgan fingerprint density at radius 2 is 1.61 bits per heavy atom. The van der Waals surface area contributed by atoms with Crippen LogP contribution in [0.5, 0.6) is 0 Å². The van der Waals surface area contributed by atoms with Gasteiger partial charge in [-0.3, -0.25) is 0 Å². The Balaban J connectivity index is 1.76. The number of aromatic nitrogens is 2. The molecule has 4 rings (SSSR count). The first kappa shape index (κ1) is 23.1. The van der Waals surface area contributed by atoms with Gasteiger partial charge in [-0.05, 0) is 76.2 Å². The first-order valence-corrected chi connectivity index (χ1v) is 13.0. The van der Waals surface area contributed by atoms with E-state index >= 15 is 0 Å². The Bertz CT molecular complexity index is 1110. The lowest BCUT2D eigenvalue weighted by Crippen LogP contribution is -2.49. The van der Waals surface area contributed by atoms with E-state index in [9.17, 15) is 4.79 Å². The number of piperazine rings is 1. The van der Waals surface area contributed by atoms with Crippen LogP contribution in [0.4, 0.5) is 10.7 Å². The molecule has 1 aromatic heterocycles. The van der Waals surface area contributed by atoms with Gasteiger partial charge in [0.2, 0.25) is 5.95 Å². The average Bonchev–Trinajstić information content (AvgIpc) is 3.16. The molecule has 0 unspecified atom stereocenters. The molecule has 0 N–H and O–H groups in total. The maximum atomic E-state index is 12.1. The Morgan fingerprint density at radius 1 is 0.968 bits per heavy atom. The number of hydrogen-bond acceptors (Lipinski definition) is 4. The third-order valence-corrected chi connectivity index (χ3v) is 9.94. The summed E-state index contributed by atoms with van der Waals surface area (Å²) >= 11 is 14.8. The minimum absolute atomic E-state index is 0.252. The average molecular weight is 680 g/mol. The first-order valence-electron chi connectivity index (χ1n) is 9.85. The summed E-state index contributed by atoms with van der Waals surface area (Å²) in [6.45, 7) is 5.48. The van der Waals surface area contributed by atoms with Crippen LogP contribution in [0.15, 0.2) is 48.2 Å². The van der Waals surface area contributed by atoms with E-state index in [4.69, 9.17) is 9.72 Å². The SMILES string of the molecule is CCOC(=O)N1CCN(c2nc3c(Br)c(Br)c(Br)c(Br)c3n2Cc2ccccc2)CC1. The summed E-state index contributed by atoms with van der Waals surface area (Å²) < 4.78 is 11.1. The van der Waals surface area contributed by atoms with Gasteiger partial charge in [0.1, 0.15) is 5.52 Å². The van der Waals surface area contributed by atoms with Gasteiger partial charge in [0, 0.05) is 35.1 Å². The van der Waals surface area contributed by atoms with Crippen LogP contribution >= 0.6 is 63.7 Å². The summed E-state index contributed by atoms with van der Waals surface area (Å²) in [6, 6.07) is 10.3. The van der Waals surface area contributed by atoms with Crippen molar-refractivity contribution in [3.63, 3.8) is 0 Å². The van der Waals surface area contributed by atoms with Crippen LogP contribution in [-0.2, 0) is 11.3 Å². The number of carbonyl (C=O) groups is 1. The number of benzene rings is 2. The third-order valence-electron chi connectivity index (χ3n) is 5.21. The minimum atomic E-state index is -0.252. The topological polar surface area (TPSA) is 50.6 Å². The van der Waals surface area contributed by atoms with Gasteiger partial charge >= 0.3 is 6.09 Å². The minimum Gasteiger partial charge on any atom is -0.450 e. The van der Waals surface area contributed by atoms with E-state index in [2.05, 4.69) is 85.3 Å². The third kappa shape index (κ3) is 4.54. The fourth-order valence-corrected chi connectivity index (χ4v) is 6.06. The number of fused-ring (bicyclic) bond motifs is 1. The van der Waals surface area contributed by atoms with Crippen molar-refractivity contribution in [3.05, 3.63) is 53.8 Å². The van der Waals surface area contributed by atoms with E-state index in [0.717, 1.165) is 34.9 Å². The smallest absolute Gasteiger partial charge is 0.409 e. The van der Waals surface area contributed by atoms with Crippen molar-refractivity contribution >= 4 is 86.8 Å². The number of rotatable bonds is 4. The highest BCUT2D eigenvalue weighted by atomic mass is 79.9. The predicted octanol–water partition coefficient (Wildman–Crippen LogP) is 6.41. The fourth-order valence-electron chi connectivity index (χ4n) is 3.68. The lowest BCUT2D eigenvalue weighted by molar-refractivity contribution is 0.105. The molecule has 1 fully saturated rings. The number of amides is 1. The van der Waals surface area contributed by atoms with Crippen molar-refractivity contribution in [2.75, 3.05) is 37.7 Å². The van der Waals surface area contributed by atoms with Gasteiger partial charge in [0.15, 0.2) is 0 Å². The monoisotopic (exact) mass is 676 g/mol. The van der Waals surface area contributed by atoms with Gasteiger partial charge < -0.3 is 19.1 Å². The van der Waals surface area contributed by atoms with E-state index < -0.39 is 0 Å². The van der Waals surface area contributed by atoms with Crippen LogP contribution in [-0.4, -0.2) is 53.3 Å². The molecule has 2 aromatic carbocycles. The highest BCUT2D eigenvalue weighted by Crippen LogP contribution is 2.44. The van der Waals surface area contributed by atoms with Gasteiger partial charge in [-0.2, -0.15) is 0 Å². The van der Waals surface area contributed by atoms with E-state index in [1.54, 1.807) is 4.90 Å². The zero-order chi connectivity index (χ0) is 22.1. The molecule has 0 bridgehead atoms. The van der Waals surface area contributed by atoms with Gasteiger partial charge in [-0.25, -0.2) is 9.78 Å². The second kappa shape index (κ2) is 9.80. The Kier molecular flexibility index (Phi) is 7.30. The van der Waals surface area contributed by atoms with E-state index in [-0.39, 0.29) is 6.09 Å². The molecule has 164 valence electrons. The molecule has 1 amide bonds. The molecule has 1 aliphatic heterocycles.